The van der Waals surface area contributed by atoms with E-state index < -0.39 is 15.8 Å². The smallest absolute Gasteiger partial charge is 0.238 e. The summed E-state index contributed by atoms with van der Waals surface area (Å²) < 4.78 is 33.8. The normalized spacial score (nSPS) is 19.8. The van der Waals surface area contributed by atoms with Gasteiger partial charge in [-0.05, 0) is 30.7 Å². The Morgan fingerprint density at radius 1 is 1.15 bits per heavy atom. The summed E-state index contributed by atoms with van der Waals surface area (Å²) in [6.45, 7) is 3.47. The molecule has 3 N–H and O–H groups in total. The van der Waals surface area contributed by atoms with Crippen LogP contribution in [0.25, 0.3) is 0 Å². The molecule has 0 atom stereocenters. The van der Waals surface area contributed by atoms with Gasteiger partial charge in [-0.3, -0.25) is 4.79 Å². The lowest BCUT2D eigenvalue weighted by molar-refractivity contribution is -0.187. The lowest BCUT2D eigenvalue weighted by atomic mass is 10.0. The summed E-state index contributed by atoms with van der Waals surface area (Å²) in [7, 11) is -3.66. The van der Waals surface area contributed by atoms with Crippen molar-refractivity contribution in [3.8, 4) is 0 Å². The molecule has 26 heavy (non-hydrogen) atoms. The summed E-state index contributed by atoms with van der Waals surface area (Å²) in [5, 5.41) is 8.21. The van der Waals surface area contributed by atoms with Crippen molar-refractivity contribution in [2.75, 3.05) is 39.4 Å². The SMILES string of the molecule is NS(=O)(=O)c1ccc(CCNCC(=O)N2CCC3(CC2)OCCO3)cc1. The summed E-state index contributed by atoms with van der Waals surface area (Å²) >= 11 is 0. The van der Waals surface area contributed by atoms with E-state index in [-0.39, 0.29) is 17.3 Å². The molecule has 8 nitrogen and oxygen atoms in total. The Hall–Kier alpha value is -1.52. The number of carbonyl (C=O) groups excluding carboxylic acids is 1. The molecule has 1 amide bonds. The summed E-state index contributed by atoms with van der Waals surface area (Å²) in [5.41, 5.74) is 0.979. The number of nitrogens with one attached hydrogen (secondary N) is 1. The molecule has 2 aliphatic rings. The molecular weight excluding hydrogens is 358 g/mol. The number of sulfonamides is 1. The van der Waals surface area contributed by atoms with Gasteiger partial charge in [-0.2, -0.15) is 0 Å². The van der Waals surface area contributed by atoms with Gasteiger partial charge in [0.15, 0.2) is 5.79 Å². The maximum absolute atomic E-state index is 12.3. The third-order valence-electron chi connectivity index (χ3n) is 4.81. The van der Waals surface area contributed by atoms with Gasteiger partial charge in [0.25, 0.3) is 0 Å². The molecule has 144 valence electrons. The van der Waals surface area contributed by atoms with Crippen LogP contribution in [0.2, 0.25) is 0 Å². The van der Waals surface area contributed by atoms with Gasteiger partial charge in [0.1, 0.15) is 0 Å². The fraction of sp³-hybridized carbons (Fsp3) is 0.588. The van der Waals surface area contributed by atoms with Gasteiger partial charge < -0.3 is 19.7 Å². The predicted octanol–water partition coefficient (Wildman–Crippen LogP) is -0.168. The van der Waals surface area contributed by atoms with E-state index in [0.29, 0.717) is 39.3 Å². The lowest BCUT2D eigenvalue weighted by Crippen LogP contribution is -2.49. The van der Waals surface area contributed by atoms with E-state index in [2.05, 4.69) is 5.32 Å². The number of amides is 1. The molecule has 9 heteroatoms. The zero-order valence-electron chi connectivity index (χ0n) is 14.6. The number of primary sulfonamides is 1. The first kappa shape index (κ1) is 19.2. The second kappa shape index (κ2) is 8.01. The van der Waals surface area contributed by atoms with Gasteiger partial charge in [0.2, 0.25) is 15.9 Å². The highest BCUT2D eigenvalue weighted by Gasteiger charge is 2.40. The van der Waals surface area contributed by atoms with Crippen LogP contribution < -0.4 is 10.5 Å². The van der Waals surface area contributed by atoms with E-state index >= 15 is 0 Å². The highest BCUT2D eigenvalue weighted by Crippen LogP contribution is 2.31. The minimum absolute atomic E-state index is 0.0717. The summed E-state index contributed by atoms with van der Waals surface area (Å²) in [6.07, 6.45) is 2.13. The second-order valence-corrected chi connectivity index (χ2v) is 8.17. The fourth-order valence-electron chi connectivity index (χ4n) is 3.27. The third kappa shape index (κ3) is 4.80. The molecule has 2 fully saturated rings. The van der Waals surface area contributed by atoms with Crippen LogP contribution >= 0.6 is 0 Å². The van der Waals surface area contributed by atoms with E-state index in [4.69, 9.17) is 14.6 Å². The van der Waals surface area contributed by atoms with Crippen molar-refractivity contribution in [1.82, 2.24) is 10.2 Å². The minimum Gasteiger partial charge on any atom is -0.347 e. The van der Waals surface area contributed by atoms with Crippen LogP contribution in [-0.2, 0) is 30.7 Å². The molecule has 0 radical (unpaired) electrons. The van der Waals surface area contributed by atoms with Crippen molar-refractivity contribution in [3.05, 3.63) is 29.8 Å². The zero-order valence-corrected chi connectivity index (χ0v) is 15.5. The fourth-order valence-corrected chi connectivity index (χ4v) is 3.78. The zero-order chi connectivity index (χ0) is 18.6. The largest absolute Gasteiger partial charge is 0.347 e. The molecule has 2 aliphatic heterocycles. The monoisotopic (exact) mass is 383 g/mol. The predicted molar refractivity (Wildman–Crippen MR) is 94.8 cm³/mol. The Kier molecular flexibility index (Phi) is 5.93. The molecule has 0 unspecified atom stereocenters. The van der Waals surface area contributed by atoms with Crippen LogP contribution in [0.1, 0.15) is 18.4 Å². The number of carbonyl (C=O) groups is 1. The molecule has 2 saturated heterocycles. The van der Waals surface area contributed by atoms with Crippen LogP contribution in [0.15, 0.2) is 29.2 Å². The summed E-state index contributed by atoms with van der Waals surface area (Å²) in [6, 6.07) is 6.45. The van der Waals surface area contributed by atoms with Crippen molar-refractivity contribution in [1.29, 1.82) is 0 Å². The van der Waals surface area contributed by atoms with E-state index in [0.717, 1.165) is 18.4 Å². The van der Waals surface area contributed by atoms with Crippen LogP contribution in [0.5, 0.6) is 0 Å². The van der Waals surface area contributed by atoms with E-state index in [1.807, 2.05) is 4.90 Å². The van der Waals surface area contributed by atoms with Crippen molar-refractivity contribution >= 4 is 15.9 Å². The number of likely N-dealkylation sites (tertiary alicyclic amines) is 1. The highest BCUT2D eigenvalue weighted by atomic mass is 32.2. The molecule has 0 saturated carbocycles. The number of nitrogens with two attached hydrogens (primary N) is 1. The molecule has 1 aromatic carbocycles. The van der Waals surface area contributed by atoms with Gasteiger partial charge in [0.05, 0.1) is 24.7 Å². The Labute approximate surface area is 153 Å². The summed E-state index contributed by atoms with van der Waals surface area (Å²) in [5.74, 6) is -0.393. The van der Waals surface area contributed by atoms with Crippen LogP contribution in [0.3, 0.4) is 0 Å². The van der Waals surface area contributed by atoms with Crippen LogP contribution in [0.4, 0.5) is 0 Å². The maximum Gasteiger partial charge on any atom is 0.238 e. The first-order valence-corrected chi connectivity index (χ1v) is 10.3. The van der Waals surface area contributed by atoms with Crippen molar-refractivity contribution in [2.45, 2.75) is 29.9 Å². The Balaban J connectivity index is 1.36. The average Bonchev–Trinajstić information content (AvgIpc) is 3.07. The number of rotatable bonds is 6. The van der Waals surface area contributed by atoms with E-state index in [1.54, 1.807) is 12.1 Å². The van der Waals surface area contributed by atoms with Crippen molar-refractivity contribution < 1.29 is 22.7 Å². The molecule has 2 heterocycles. The van der Waals surface area contributed by atoms with E-state index in [9.17, 15) is 13.2 Å². The second-order valence-electron chi connectivity index (χ2n) is 6.60. The standard InChI is InChI=1S/C17H25N3O5S/c18-26(22,23)15-3-1-14(2-4-15)5-8-19-13-16(21)20-9-6-17(7-10-20)24-11-12-25-17/h1-4,19H,5-13H2,(H2,18,22,23). The quantitative estimate of drug-likeness (QED) is 0.660. The maximum atomic E-state index is 12.3. The van der Waals surface area contributed by atoms with Crippen molar-refractivity contribution in [3.63, 3.8) is 0 Å². The third-order valence-corrected chi connectivity index (χ3v) is 5.74. The highest BCUT2D eigenvalue weighted by molar-refractivity contribution is 7.89. The Morgan fingerprint density at radius 3 is 2.35 bits per heavy atom. The molecule has 3 rings (SSSR count). The van der Waals surface area contributed by atoms with Gasteiger partial charge in [0, 0.05) is 25.9 Å². The molecule has 0 bridgehead atoms. The number of hydrogen-bond acceptors (Lipinski definition) is 6. The Bertz CT molecular complexity index is 719. The van der Waals surface area contributed by atoms with Gasteiger partial charge in [-0.1, -0.05) is 12.1 Å². The molecule has 1 aromatic rings. The van der Waals surface area contributed by atoms with Gasteiger partial charge in [-0.25, -0.2) is 13.6 Å². The van der Waals surface area contributed by atoms with Gasteiger partial charge in [-0.15, -0.1) is 0 Å². The lowest BCUT2D eigenvalue weighted by Gasteiger charge is -2.37. The Morgan fingerprint density at radius 2 is 1.77 bits per heavy atom. The number of nitrogens with zero attached hydrogens (tertiary/aromatic N) is 1. The van der Waals surface area contributed by atoms with Crippen LogP contribution in [-0.4, -0.2) is 64.4 Å². The molecule has 1 spiro atoms. The summed E-state index contributed by atoms with van der Waals surface area (Å²) in [4.78, 5) is 14.2. The van der Waals surface area contributed by atoms with Crippen molar-refractivity contribution in [2.24, 2.45) is 5.14 Å². The topological polar surface area (TPSA) is 111 Å². The number of hydrogen-bond donors (Lipinski definition) is 2. The first-order valence-electron chi connectivity index (χ1n) is 8.76. The minimum atomic E-state index is -3.66. The van der Waals surface area contributed by atoms with Gasteiger partial charge >= 0.3 is 0 Å². The first-order chi connectivity index (χ1) is 12.4. The van der Waals surface area contributed by atoms with E-state index in [1.165, 1.54) is 12.1 Å². The number of ether oxygens (including phenoxy) is 2. The molecule has 0 aromatic heterocycles. The van der Waals surface area contributed by atoms with Crippen LogP contribution in [0, 0.1) is 0 Å². The number of benzene rings is 1. The molecular formula is C17H25N3O5S. The number of piperidine rings is 1. The average molecular weight is 383 g/mol. The molecule has 0 aliphatic carbocycles.